The van der Waals surface area contributed by atoms with Crippen LogP contribution in [0.25, 0.3) is 0 Å². The van der Waals surface area contributed by atoms with Gasteiger partial charge >= 0.3 is 0 Å². The zero-order valence-electron chi connectivity index (χ0n) is 14.9. The number of amides is 2. The molecular formula is C19H28N2O2S. The number of likely N-dealkylation sites (tertiary alicyclic amines) is 1. The van der Waals surface area contributed by atoms with Crippen LogP contribution in [0.3, 0.4) is 0 Å². The highest BCUT2D eigenvalue weighted by Gasteiger charge is 2.26. The lowest BCUT2D eigenvalue weighted by atomic mass is 9.90. The highest BCUT2D eigenvalue weighted by molar-refractivity contribution is 7.14. The van der Waals surface area contributed by atoms with Gasteiger partial charge in [0, 0.05) is 29.9 Å². The molecule has 1 atom stereocenters. The maximum absolute atomic E-state index is 12.6. The van der Waals surface area contributed by atoms with Crippen LogP contribution in [-0.2, 0) is 17.6 Å². The summed E-state index contributed by atoms with van der Waals surface area (Å²) in [5.74, 6) is 1.07. The number of nitrogens with one attached hydrogen (secondary N) is 1. The molecule has 0 saturated carbocycles. The van der Waals surface area contributed by atoms with E-state index in [0.717, 1.165) is 49.6 Å². The Labute approximate surface area is 148 Å². The Hall–Kier alpha value is -1.36. The summed E-state index contributed by atoms with van der Waals surface area (Å²) >= 11 is 1.67. The Kier molecular flexibility index (Phi) is 5.28. The SMILES string of the molecule is CC(C)C(=O)N1CCC(NC(=O)c2cc3c(s2)CC[C@@H](C)C3)CC1. The molecule has 1 N–H and O–H groups in total. The number of fused-ring (bicyclic) bond motifs is 1. The predicted molar refractivity (Wildman–Crippen MR) is 97.4 cm³/mol. The molecule has 2 aliphatic rings. The molecule has 1 fully saturated rings. The van der Waals surface area contributed by atoms with Gasteiger partial charge in [-0.05, 0) is 49.7 Å². The molecule has 0 bridgehead atoms. The number of hydrogen-bond donors (Lipinski definition) is 1. The minimum atomic E-state index is 0.0518. The topological polar surface area (TPSA) is 49.4 Å². The normalized spacial score (nSPS) is 21.7. The monoisotopic (exact) mass is 348 g/mol. The van der Waals surface area contributed by atoms with Crippen LogP contribution >= 0.6 is 11.3 Å². The zero-order chi connectivity index (χ0) is 17.3. The molecule has 0 radical (unpaired) electrons. The summed E-state index contributed by atoms with van der Waals surface area (Å²) in [5.41, 5.74) is 1.38. The van der Waals surface area contributed by atoms with Crippen molar-refractivity contribution >= 4 is 23.2 Å². The van der Waals surface area contributed by atoms with Crippen molar-refractivity contribution in [1.82, 2.24) is 10.2 Å². The first-order valence-corrected chi connectivity index (χ1v) is 9.97. The van der Waals surface area contributed by atoms with E-state index in [9.17, 15) is 9.59 Å². The third-order valence-electron chi connectivity index (χ3n) is 5.19. The summed E-state index contributed by atoms with van der Waals surface area (Å²) in [6.45, 7) is 7.67. The van der Waals surface area contributed by atoms with Crippen LogP contribution in [0.5, 0.6) is 0 Å². The molecule has 2 amide bonds. The second-order valence-corrected chi connectivity index (χ2v) is 8.77. The van der Waals surface area contributed by atoms with Crippen LogP contribution in [0.2, 0.25) is 0 Å². The van der Waals surface area contributed by atoms with Crippen LogP contribution in [-0.4, -0.2) is 35.8 Å². The second kappa shape index (κ2) is 7.26. The molecule has 1 aliphatic carbocycles. The number of thiophene rings is 1. The molecule has 2 heterocycles. The molecule has 1 aromatic heterocycles. The number of rotatable bonds is 3. The number of hydrogen-bond acceptors (Lipinski definition) is 3. The van der Waals surface area contributed by atoms with Crippen LogP contribution < -0.4 is 5.32 Å². The first-order chi connectivity index (χ1) is 11.4. The summed E-state index contributed by atoms with van der Waals surface area (Å²) in [6, 6.07) is 2.29. The number of piperidine rings is 1. The van der Waals surface area contributed by atoms with Gasteiger partial charge in [-0.25, -0.2) is 0 Å². The molecule has 1 aliphatic heterocycles. The van der Waals surface area contributed by atoms with E-state index >= 15 is 0 Å². The Morgan fingerprint density at radius 3 is 2.62 bits per heavy atom. The van der Waals surface area contributed by atoms with Gasteiger partial charge in [-0.15, -0.1) is 11.3 Å². The van der Waals surface area contributed by atoms with Gasteiger partial charge in [0.15, 0.2) is 0 Å². The zero-order valence-corrected chi connectivity index (χ0v) is 15.7. The van der Waals surface area contributed by atoms with Crippen molar-refractivity contribution in [3.8, 4) is 0 Å². The highest BCUT2D eigenvalue weighted by atomic mass is 32.1. The molecule has 3 rings (SSSR count). The van der Waals surface area contributed by atoms with Crippen LogP contribution in [0, 0.1) is 11.8 Å². The maximum Gasteiger partial charge on any atom is 0.261 e. The Morgan fingerprint density at radius 1 is 1.25 bits per heavy atom. The largest absolute Gasteiger partial charge is 0.348 e. The van der Waals surface area contributed by atoms with Gasteiger partial charge in [-0.1, -0.05) is 20.8 Å². The smallest absolute Gasteiger partial charge is 0.261 e. The van der Waals surface area contributed by atoms with Crippen molar-refractivity contribution < 1.29 is 9.59 Å². The Morgan fingerprint density at radius 2 is 1.96 bits per heavy atom. The molecule has 4 nitrogen and oxygen atoms in total. The third kappa shape index (κ3) is 3.82. The van der Waals surface area contributed by atoms with Gasteiger partial charge in [0.25, 0.3) is 5.91 Å². The summed E-state index contributed by atoms with van der Waals surface area (Å²) < 4.78 is 0. The van der Waals surface area contributed by atoms with Gasteiger partial charge < -0.3 is 10.2 Å². The van der Waals surface area contributed by atoms with Gasteiger partial charge in [-0.3, -0.25) is 9.59 Å². The van der Waals surface area contributed by atoms with Crippen molar-refractivity contribution in [2.75, 3.05) is 13.1 Å². The minimum Gasteiger partial charge on any atom is -0.348 e. The molecule has 0 unspecified atom stereocenters. The van der Waals surface area contributed by atoms with Crippen molar-refractivity contribution in [3.05, 3.63) is 21.4 Å². The molecule has 0 aromatic carbocycles. The van der Waals surface area contributed by atoms with Gasteiger partial charge in [0.05, 0.1) is 4.88 Å². The second-order valence-electron chi connectivity index (χ2n) is 7.63. The van der Waals surface area contributed by atoms with Crippen LogP contribution in [0.1, 0.15) is 60.1 Å². The molecule has 24 heavy (non-hydrogen) atoms. The van der Waals surface area contributed by atoms with Gasteiger partial charge in [0.2, 0.25) is 5.91 Å². The number of nitrogens with zero attached hydrogens (tertiary/aromatic N) is 1. The Balaban J connectivity index is 1.54. The van der Waals surface area contributed by atoms with Crippen LogP contribution in [0.15, 0.2) is 6.07 Å². The van der Waals surface area contributed by atoms with E-state index in [0.29, 0.717) is 0 Å². The maximum atomic E-state index is 12.6. The lowest BCUT2D eigenvalue weighted by molar-refractivity contribution is -0.135. The molecule has 1 aromatic rings. The van der Waals surface area contributed by atoms with E-state index in [1.54, 1.807) is 11.3 Å². The number of carbonyl (C=O) groups is 2. The summed E-state index contributed by atoms with van der Waals surface area (Å²) in [7, 11) is 0. The molecule has 1 saturated heterocycles. The first kappa shape index (κ1) is 17.5. The average Bonchev–Trinajstić information content (AvgIpc) is 2.98. The summed E-state index contributed by atoms with van der Waals surface area (Å²) in [5, 5.41) is 3.18. The van der Waals surface area contributed by atoms with Crippen molar-refractivity contribution in [1.29, 1.82) is 0 Å². The van der Waals surface area contributed by atoms with Crippen molar-refractivity contribution in [3.63, 3.8) is 0 Å². The van der Waals surface area contributed by atoms with Crippen LogP contribution in [0.4, 0.5) is 0 Å². The van der Waals surface area contributed by atoms with Crippen molar-refractivity contribution in [2.45, 2.75) is 58.9 Å². The minimum absolute atomic E-state index is 0.0518. The standard InChI is InChI=1S/C19H28N2O2S/c1-12(2)19(23)21-8-6-15(7-9-21)20-18(22)17-11-14-10-13(3)4-5-16(14)24-17/h11-13,15H,4-10H2,1-3H3,(H,20,22)/t13-/m1/s1. The summed E-state index contributed by atoms with van der Waals surface area (Å²) in [6.07, 6.45) is 5.16. The highest BCUT2D eigenvalue weighted by Crippen LogP contribution is 2.32. The fourth-order valence-electron chi connectivity index (χ4n) is 3.68. The fraction of sp³-hybridized carbons (Fsp3) is 0.684. The average molecular weight is 349 g/mol. The van der Waals surface area contributed by atoms with E-state index in [-0.39, 0.29) is 23.8 Å². The molecule has 0 spiro atoms. The Bertz CT molecular complexity index is 615. The van der Waals surface area contributed by atoms with E-state index in [4.69, 9.17) is 0 Å². The first-order valence-electron chi connectivity index (χ1n) is 9.15. The third-order valence-corrected chi connectivity index (χ3v) is 6.42. The number of carbonyl (C=O) groups excluding carboxylic acids is 2. The van der Waals surface area contributed by atoms with Gasteiger partial charge in [-0.2, -0.15) is 0 Å². The molecule has 132 valence electrons. The van der Waals surface area contributed by atoms with Crippen molar-refractivity contribution in [2.24, 2.45) is 11.8 Å². The predicted octanol–water partition coefficient (Wildman–Crippen LogP) is 3.25. The lowest BCUT2D eigenvalue weighted by Gasteiger charge is -2.33. The fourth-order valence-corrected chi connectivity index (χ4v) is 4.80. The quantitative estimate of drug-likeness (QED) is 0.911. The van der Waals surface area contributed by atoms with E-state index in [1.165, 1.54) is 16.9 Å². The molecule has 5 heteroatoms. The number of aryl methyl sites for hydroxylation is 1. The van der Waals surface area contributed by atoms with E-state index in [1.807, 2.05) is 18.7 Å². The molecular weight excluding hydrogens is 320 g/mol. The van der Waals surface area contributed by atoms with Gasteiger partial charge in [0.1, 0.15) is 0 Å². The lowest BCUT2D eigenvalue weighted by Crippen LogP contribution is -2.47. The van der Waals surface area contributed by atoms with E-state index in [2.05, 4.69) is 18.3 Å². The summed E-state index contributed by atoms with van der Waals surface area (Å²) in [4.78, 5) is 28.8. The van der Waals surface area contributed by atoms with E-state index < -0.39 is 0 Å².